The molecule has 1 saturated carbocycles. The fourth-order valence-corrected chi connectivity index (χ4v) is 2.38. The van der Waals surface area contributed by atoms with Crippen LogP contribution in [0.5, 0.6) is 11.5 Å². The molecule has 1 N–H and O–H groups in total. The number of hydrogen-bond donors (Lipinski definition) is 1. The molecule has 1 aromatic heterocycles. The number of ether oxygens (including phenoxy) is 2. The van der Waals surface area contributed by atoms with Crippen molar-refractivity contribution in [2.75, 3.05) is 14.2 Å². The van der Waals surface area contributed by atoms with E-state index >= 15 is 0 Å². The summed E-state index contributed by atoms with van der Waals surface area (Å²) in [6, 6.07) is 4.66. The molecule has 1 heterocycles. The average Bonchev–Trinajstić information content (AvgIpc) is 3.24. The summed E-state index contributed by atoms with van der Waals surface area (Å²) in [5.41, 5.74) is 3.18. The first-order valence-corrected chi connectivity index (χ1v) is 7.06. The predicted octanol–water partition coefficient (Wildman–Crippen LogP) is 1.75. The maximum absolute atomic E-state index is 5.41. The van der Waals surface area contributed by atoms with Crippen LogP contribution in [0.3, 0.4) is 0 Å². The van der Waals surface area contributed by atoms with Crippen molar-refractivity contribution in [3.05, 3.63) is 23.9 Å². The smallest absolute Gasteiger partial charge is 0.161 e. The second-order valence-corrected chi connectivity index (χ2v) is 5.26. The van der Waals surface area contributed by atoms with Crippen molar-refractivity contribution in [3.8, 4) is 22.8 Å². The van der Waals surface area contributed by atoms with Gasteiger partial charge in [-0.15, -0.1) is 5.10 Å². The topological polar surface area (TPSA) is 61.2 Å². The van der Waals surface area contributed by atoms with Gasteiger partial charge in [0.25, 0.3) is 0 Å². The second-order valence-electron chi connectivity index (χ2n) is 5.26. The van der Waals surface area contributed by atoms with Crippen LogP contribution in [0, 0.1) is 0 Å². The van der Waals surface area contributed by atoms with Crippen molar-refractivity contribution in [2.24, 2.45) is 7.05 Å². The van der Waals surface area contributed by atoms with E-state index in [4.69, 9.17) is 9.47 Å². The Kier molecular flexibility index (Phi) is 3.79. The highest BCUT2D eigenvalue weighted by Gasteiger charge is 2.22. The van der Waals surface area contributed by atoms with E-state index in [9.17, 15) is 0 Å². The number of benzene rings is 1. The van der Waals surface area contributed by atoms with Crippen LogP contribution in [0.15, 0.2) is 18.3 Å². The molecule has 0 unspecified atom stereocenters. The third-order valence-corrected chi connectivity index (χ3v) is 3.76. The summed E-state index contributed by atoms with van der Waals surface area (Å²) in [5.74, 6) is 1.45. The molecule has 0 bridgehead atoms. The summed E-state index contributed by atoms with van der Waals surface area (Å²) in [5, 5.41) is 11.5. The van der Waals surface area contributed by atoms with Crippen molar-refractivity contribution in [1.82, 2.24) is 20.3 Å². The second kappa shape index (κ2) is 5.73. The zero-order valence-corrected chi connectivity index (χ0v) is 12.6. The lowest BCUT2D eigenvalue weighted by Crippen LogP contribution is -2.16. The fraction of sp³-hybridized carbons (Fsp3) is 0.467. The van der Waals surface area contributed by atoms with Gasteiger partial charge >= 0.3 is 0 Å². The third-order valence-electron chi connectivity index (χ3n) is 3.76. The zero-order chi connectivity index (χ0) is 14.8. The molecule has 6 heteroatoms. The van der Waals surface area contributed by atoms with Gasteiger partial charge in [-0.05, 0) is 30.5 Å². The Morgan fingerprint density at radius 2 is 1.95 bits per heavy atom. The molecule has 21 heavy (non-hydrogen) atoms. The first kappa shape index (κ1) is 13.9. The standard InChI is InChI=1S/C15H20N4O2/c1-19-13(9-17-18-19)12-7-15(21-3)14(20-2)6-10(12)8-16-11-4-5-11/h6-7,9,11,16H,4-5,8H2,1-3H3. The van der Waals surface area contributed by atoms with Crippen molar-refractivity contribution < 1.29 is 9.47 Å². The number of aromatic nitrogens is 3. The summed E-state index contributed by atoms with van der Waals surface area (Å²) in [7, 11) is 5.18. The van der Waals surface area contributed by atoms with Crippen molar-refractivity contribution >= 4 is 0 Å². The third kappa shape index (κ3) is 2.85. The monoisotopic (exact) mass is 288 g/mol. The molecule has 2 aromatic rings. The molecule has 6 nitrogen and oxygen atoms in total. The Morgan fingerprint density at radius 3 is 2.52 bits per heavy atom. The van der Waals surface area contributed by atoms with Gasteiger partial charge in [-0.25, -0.2) is 4.68 Å². The predicted molar refractivity (Wildman–Crippen MR) is 79.4 cm³/mol. The van der Waals surface area contributed by atoms with Crippen LogP contribution in [-0.4, -0.2) is 35.3 Å². The Morgan fingerprint density at radius 1 is 1.24 bits per heavy atom. The van der Waals surface area contributed by atoms with Crippen LogP contribution < -0.4 is 14.8 Å². The van der Waals surface area contributed by atoms with Gasteiger partial charge in [0.2, 0.25) is 0 Å². The Hall–Kier alpha value is -2.08. The molecule has 0 radical (unpaired) electrons. The Labute approximate surface area is 124 Å². The summed E-state index contributed by atoms with van der Waals surface area (Å²) < 4.78 is 12.6. The number of nitrogens with zero attached hydrogens (tertiary/aromatic N) is 3. The lowest BCUT2D eigenvalue weighted by molar-refractivity contribution is 0.354. The first-order chi connectivity index (χ1) is 10.2. The quantitative estimate of drug-likeness (QED) is 0.877. The molecule has 0 amide bonds. The highest BCUT2D eigenvalue weighted by Crippen LogP contribution is 2.35. The van der Waals surface area contributed by atoms with E-state index in [0.29, 0.717) is 11.8 Å². The zero-order valence-electron chi connectivity index (χ0n) is 12.6. The van der Waals surface area contributed by atoms with E-state index in [2.05, 4.69) is 15.6 Å². The van der Waals surface area contributed by atoms with E-state index in [1.807, 2.05) is 19.2 Å². The van der Waals surface area contributed by atoms with Gasteiger partial charge in [-0.1, -0.05) is 5.21 Å². The molecule has 1 aliphatic rings. The molecular formula is C15H20N4O2. The maximum atomic E-state index is 5.41. The molecule has 0 spiro atoms. The van der Waals surface area contributed by atoms with E-state index < -0.39 is 0 Å². The molecule has 0 atom stereocenters. The molecule has 3 rings (SSSR count). The normalized spacial score (nSPS) is 14.2. The van der Waals surface area contributed by atoms with E-state index in [0.717, 1.165) is 29.1 Å². The number of hydrogen-bond acceptors (Lipinski definition) is 5. The van der Waals surface area contributed by atoms with Gasteiger partial charge in [0.05, 0.1) is 26.1 Å². The minimum atomic E-state index is 0.649. The summed E-state index contributed by atoms with van der Waals surface area (Å²) in [6.45, 7) is 0.797. The van der Waals surface area contributed by atoms with E-state index in [1.165, 1.54) is 12.8 Å². The van der Waals surface area contributed by atoms with Gasteiger partial charge in [0.1, 0.15) is 0 Å². The highest BCUT2D eigenvalue weighted by molar-refractivity contribution is 5.68. The molecule has 0 saturated heterocycles. The minimum Gasteiger partial charge on any atom is -0.493 e. The van der Waals surface area contributed by atoms with Gasteiger partial charge < -0.3 is 14.8 Å². The number of nitrogens with one attached hydrogen (secondary N) is 1. The molecule has 1 aromatic carbocycles. The summed E-state index contributed by atoms with van der Waals surface area (Å²) >= 11 is 0. The van der Waals surface area contributed by atoms with Crippen molar-refractivity contribution in [2.45, 2.75) is 25.4 Å². The fourth-order valence-electron chi connectivity index (χ4n) is 2.38. The van der Waals surface area contributed by atoms with Crippen LogP contribution >= 0.6 is 0 Å². The SMILES string of the molecule is COc1cc(CNC2CC2)c(-c2cnnn2C)cc1OC. The minimum absolute atomic E-state index is 0.649. The molecule has 1 fully saturated rings. The van der Waals surface area contributed by atoms with Gasteiger partial charge in [-0.3, -0.25) is 0 Å². The van der Waals surface area contributed by atoms with Crippen molar-refractivity contribution in [3.63, 3.8) is 0 Å². The lowest BCUT2D eigenvalue weighted by Gasteiger charge is -2.15. The van der Waals surface area contributed by atoms with Crippen LogP contribution in [0.2, 0.25) is 0 Å². The molecule has 0 aliphatic heterocycles. The van der Waals surface area contributed by atoms with E-state index in [1.54, 1.807) is 25.1 Å². The number of rotatable bonds is 6. The van der Waals surface area contributed by atoms with Crippen molar-refractivity contribution in [1.29, 1.82) is 0 Å². The van der Waals surface area contributed by atoms with Gasteiger partial charge in [0.15, 0.2) is 11.5 Å². The number of aryl methyl sites for hydroxylation is 1. The van der Waals surface area contributed by atoms with Crippen LogP contribution in [0.4, 0.5) is 0 Å². The summed E-state index contributed by atoms with van der Waals surface area (Å²) in [6.07, 6.45) is 4.29. The summed E-state index contributed by atoms with van der Waals surface area (Å²) in [4.78, 5) is 0. The molecular weight excluding hydrogens is 268 g/mol. The van der Waals surface area contributed by atoms with Gasteiger partial charge in [-0.2, -0.15) is 0 Å². The largest absolute Gasteiger partial charge is 0.493 e. The Bertz CT molecular complexity index is 635. The van der Waals surface area contributed by atoms with Crippen LogP contribution in [-0.2, 0) is 13.6 Å². The maximum Gasteiger partial charge on any atom is 0.161 e. The van der Waals surface area contributed by atoms with Crippen LogP contribution in [0.25, 0.3) is 11.3 Å². The molecule has 1 aliphatic carbocycles. The Balaban J connectivity index is 2.02. The van der Waals surface area contributed by atoms with E-state index in [-0.39, 0.29) is 0 Å². The van der Waals surface area contributed by atoms with Gasteiger partial charge in [0, 0.05) is 25.2 Å². The lowest BCUT2D eigenvalue weighted by atomic mass is 10.0. The highest BCUT2D eigenvalue weighted by atomic mass is 16.5. The van der Waals surface area contributed by atoms with Crippen LogP contribution in [0.1, 0.15) is 18.4 Å². The first-order valence-electron chi connectivity index (χ1n) is 7.06. The molecule has 112 valence electrons. The number of methoxy groups -OCH3 is 2. The average molecular weight is 288 g/mol.